The van der Waals surface area contributed by atoms with Gasteiger partial charge in [-0.25, -0.2) is 9.97 Å². The summed E-state index contributed by atoms with van der Waals surface area (Å²) in [6.07, 6.45) is 7.02. The number of aromatic nitrogens is 4. The first-order valence-corrected chi connectivity index (χ1v) is 6.02. The number of nitriles is 1. The van der Waals surface area contributed by atoms with Crippen molar-refractivity contribution in [1.82, 2.24) is 19.5 Å². The molecule has 0 spiro atoms. The molecule has 0 radical (unpaired) electrons. The van der Waals surface area contributed by atoms with E-state index in [-0.39, 0.29) is 0 Å². The predicted octanol–water partition coefficient (Wildman–Crippen LogP) is 2.39. The average molecular weight is 245 g/mol. The second-order valence-corrected chi connectivity index (χ2v) is 3.94. The van der Waals surface area contributed by atoms with Crippen LogP contribution in [0.5, 0.6) is 0 Å². The SMILES string of the molecule is CCc1ncc(C)[nH]1.Cc1nccn1CCC#N. The molecule has 0 aliphatic carbocycles. The van der Waals surface area contributed by atoms with Gasteiger partial charge >= 0.3 is 0 Å². The van der Waals surface area contributed by atoms with E-state index in [2.05, 4.69) is 27.9 Å². The lowest BCUT2D eigenvalue weighted by Crippen LogP contribution is -1.97. The van der Waals surface area contributed by atoms with Crippen molar-refractivity contribution < 1.29 is 0 Å². The number of nitrogens with zero attached hydrogens (tertiary/aromatic N) is 4. The molecule has 18 heavy (non-hydrogen) atoms. The monoisotopic (exact) mass is 245 g/mol. The molecule has 2 heterocycles. The highest BCUT2D eigenvalue weighted by molar-refractivity contribution is 4.97. The van der Waals surface area contributed by atoms with E-state index in [1.165, 1.54) is 0 Å². The van der Waals surface area contributed by atoms with Gasteiger partial charge in [0.05, 0.1) is 12.5 Å². The smallest absolute Gasteiger partial charge is 0.105 e. The van der Waals surface area contributed by atoms with E-state index in [0.717, 1.165) is 30.3 Å². The lowest BCUT2D eigenvalue weighted by molar-refractivity contribution is 0.689. The summed E-state index contributed by atoms with van der Waals surface area (Å²) >= 11 is 0. The average Bonchev–Trinajstić information content (AvgIpc) is 2.96. The summed E-state index contributed by atoms with van der Waals surface area (Å²) < 4.78 is 1.96. The molecule has 2 aromatic rings. The molecule has 2 aromatic heterocycles. The summed E-state index contributed by atoms with van der Waals surface area (Å²) in [6.45, 7) is 6.77. The fourth-order valence-corrected chi connectivity index (χ4v) is 1.46. The quantitative estimate of drug-likeness (QED) is 0.902. The van der Waals surface area contributed by atoms with Crippen molar-refractivity contribution in [3.8, 4) is 6.07 Å². The number of aromatic amines is 1. The van der Waals surface area contributed by atoms with Crippen LogP contribution in [0.1, 0.15) is 30.7 Å². The molecule has 0 aliphatic heterocycles. The van der Waals surface area contributed by atoms with Crippen molar-refractivity contribution in [2.24, 2.45) is 0 Å². The van der Waals surface area contributed by atoms with Crippen LogP contribution in [0.2, 0.25) is 0 Å². The lowest BCUT2D eigenvalue weighted by atomic mass is 10.4. The third kappa shape index (κ3) is 4.42. The van der Waals surface area contributed by atoms with Crippen LogP contribution in [0.4, 0.5) is 0 Å². The molecular weight excluding hydrogens is 226 g/mol. The number of imidazole rings is 2. The second kappa shape index (κ2) is 7.28. The van der Waals surface area contributed by atoms with Crippen molar-refractivity contribution in [2.45, 2.75) is 40.2 Å². The Morgan fingerprint density at radius 1 is 1.39 bits per heavy atom. The molecule has 5 nitrogen and oxygen atoms in total. The van der Waals surface area contributed by atoms with Crippen LogP contribution in [0.3, 0.4) is 0 Å². The Morgan fingerprint density at radius 2 is 2.17 bits per heavy atom. The molecule has 0 aromatic carbocycles. The van der Waals surface area contributed by atoms with Crippen molar-refractivity contribution in [3.05, 3.63) is 35.9 Å². The van der Waals surface area contributed by atoms with Crippen LogP contribution in [-0.2, 0) is 13.0 Å². The van der Waals surface area contributed by atoms with E-state index in [0.29, 0.717) is 6.42 Å². The van der Waals surface area contributed by atoms with E-state index < -0.39 is 0 Å². The molecule has 0 saturated heterocycles. The third-order valence-corrected chi connectivity index (χ3v) is 2.48. The second-order valence-electron chi connectivity index (χ2n) is 3.94. The summed E-state index contributed by atoms with van der Waals surface area (Å²) in [4.78, 5) is 11.2. The number of H-pyrrole nitrogens is 1. The molecule has 0 saturated carbocycles. The standard InChI is InChI=1S/C7H9N3.C6H10N2/c1-7-9-4-6-10(7)5-2-3-8;1-3-6-7-4-5(2)8-6/h4,6H,2,5H2,1H3;4H,3H2,1-2H3,(H,7,8). The molecule has 0 unspecified atom stereocenters. The van der Waals surface area contributed by atoms with Gasteiger partial charge in [-0.1, -0.05) is 6.92 Å². The highest BCUT2D eigenvalue weighted by atomic mass is 15.0. The Balaban J connectivity index is 0.000000184. The predicted molar refractivity (Wildman–Crippen MR) is 69.9 cm³/mol. The zero-order valence-electron chi connectivity index (χ0n) is 11.1. The Bertz CT molecular complexity index is 503. The van der Waals surface area contributed by atoms with Gasteiger partial charge in [-0.15, -0.1) is 0 Å². The van der Waals surface area contributed by atoms with Crippen LogP contribution < -0.4 is 0 Å². The number of rotatable bonds is 3. The Labute approximate surface area is 108 Å². The van der Waals surface area contributed by atoms with Crippen molar-refractivity contribution in [1.29, 1.82) is 5.26 Å². The molecule has 5 heteroatoms. The van der Waals surface area contributed by atoms with E-state index in [4.69, 9.17) is 5.26 Å². The van der Waals surface area contributed by atoms with Gasteiger partial charge in [0.15, 0.2) is 0 Å². The van der Waals surface area contributed by atoms with E-state index in [1.807, 2.05) is 30.8 Å². The van der Waals surface area contributed by atoms with Crippen LogP contribution in [-0.4, -0.2) is 19.5 Å². The number of hydrogen-bond donors (Lipinski definition) is 1. The van der Waals surface area contributed by atoms with Crippen LogP contribution in [0, 0.1) is 25.2 Å². The van der Waals surface area contributed by atoms with Crippen molar-refractivity contribution >= 4 is 0 Å². The molecule has 0 amide bonds. The zero-order valence-corrected chi connectivity index (χ0v) is 11.1. The summed E-state index contributed by atoms with van der Waals surface area (Å²) in [6, 6.07) is 2.08. The zero-order chi connectivity index (χ0) is 13.4. The highest BCUT2D eigenvalue weighted by Crippen LogP contribution is 1.95. The maximum absolute atomic E-state index is 8.27. The van der Waals surface area contributed by atoms with Crippen LogP contribution >= 0.6 is 0 Å². The molecule has 0 atom stereocenters. The maximum Gasteiger partial charge on any atom is 0.105 e. The van der Waals surface area contributed by atoms with Gasteiger partial charge in [0, 0.05) is 37.3 Å². The first-order chi connectivity index (χ1) is 8.67. The van der Waals surface area contributed by atoms with E-state index in [1.54, 1.807) is 6.20 Å². The molecular formula is C13H19N5. The van der Waals surface area contributed by atoms with Gasteiger partial charge in [-0.2, -0.15) is 5.26 Å². The van der Waals surface area contributed by atoms with Gasteiger partial charge < -0.3 is 9.55 Å². The summed E-state index contributed by atoms with van der Waals surface area (Å²) in [5.41, 5.74) is 1.14. The Morgan fingerprint density at radius 3 is 2.56 bits per heavy atom. The minimum atomic E-state index is 0.553. The molecule has 1 N–H and O–H groups in total. The van der Waals surface area contributed by atoms with Gasteiger partial charge in [-0.05, 0) is 13.8 Å². The molecule has 0 bridgehead atoms. The molecule has 0 aliphatic rings. The fraction of sp³-hybridized carbons (Fsp3) is 0.462. The minimum absolute atomic E-state index is 0.553. The first-order valence-electron chi connectivity index (χ1n) is 6.02. The molecule has 2 rings (SSSR count). The number of aryl methyl sites for hydroxylation is 4. The van der Waals surface area contributed by atoms with Crippen molar-refractivity contribution in [3.63, 3.8) is 0 Å². The Kier molecular flexibility index (Phi) is 5.65. The summed E-state index contributed by atoms with van der Waals surface area (Å²) in [7, 11) is 0. The van der Waals surface area contributed by atoms with E-state index >= 15 is 0 Å². The van der Waals surface area contributed by atoms with Crippen molar-refractivity contribution in [2.75, 3.05) is 0 Å². The van der Waals surface area contributed by atoms with Crippen LogP contribution in [0.15, 0.2) is 18.6 Å². The molecule has 0 fully saturated rings. The highest BCUT2D eigenvalue weighted by Gasteiger charge is 1.93. The van der Waals surface area contributed by atoms with Gasteiger partial charge in [-0.3, -0.25) is 0 Å². The van der Waals surface area contributed by atoms with Gasteiger partial charge in [0.2, 0.25) is 0 Å². The molecule has 96 valence electrons. The topological polar surface area (TPSA) is 70.3 Å². The fourth-order valence-electron chi connectivity index (χ4n) is 1.46. The normalized spacial score (nSPS) is 9.44. The number of nitrogens with one attached hydrogen (secondary N) is 1. The summed E-state index contributed by atoms with van der Waals surface area (Å²) in [5, 5.41) is 8.27. The Hall–Kier alpha value is -2.09. The lowest BCUT2D eigenvalue weighted by Gasteiger charge is -1.98. The summed E-state index contributed by atoms with van der Waals surface area (Å²) in [5.74, 6) is 2.04. The largest absolute Gasteiger partial charge is 0.346 e. The van der Waals surface area contributed by atoms with Gasteiger partial charge in [0.1, 0.15) is 11.6 Å². The first kappa shape index (κ1) is 14.0. The minimum Gasteiger partial charge on any atom is -0.346 e. The van der Waals surface area contributed by atoms with Crippen LogP contribution in [0.25, 0.3) is 0 Å². The van der Waals surface area contributed by atoms with E-state index in [9.17, 15) is 0 Å². The maximum atomic E-state index is 8.27. The number of hydrogen-bond acceptors (Lipinski definition) is 3. The van der Waals surface area contributed by atoms with Gasteiger partial charge in [0.25, 0.3) is 0 Å². The third-order valence-electron chi connectivity index (χ3n) is 2.48.